The van der Waals surface area contributed by atoms with Crippen LogP contribution < -0.4 is 4.90 Å². The highest BCUT2D eigenvalue weighted by Gasteiger charge is 2.22. The number of ether oxygens (including phenoxy) is 1. The lowest BCUT2D eigenvalue weighted by atomic mass is 10.3. The van der Waals surface area contributed by atoms with E-state index in [-0.39, 0.29) is 0 Å². The number of morpholine rings is 1. The maximum atomic E-state index is 5.65. The number of rotatable bonds is 2. The lowest BCUT2D eigenvalue weighted by Gasteiger charge is -2.31. The summed E-state index contributed by atoms with van der Waals surface area (Å²) < 4.78 is 10.7. The van der Waals surface area contributed by atoms with E-state index in [1.54, 1.807) is 6.26 Å². The fourth-order valence-corrected chi connectivity index (χ4v) is 1.62. The number of halogens is 1. The molecule has 0 saturated carbocycles. The normalized spacial score (nSPS) is 22.7. The number of hydrogen-bond acceptors (Lipinski definition) is 4. The molecular weight excluding hydrogens is 204 g/mol. The summed E-state index contributed by atoms with van der Waals surface area (Å²) in [5, 5.41) is 0. The molecular formula is C9H13ClN2O2. The van der Waals surface area contributed by atoms with Crippen LogP contribution in [-0.4, -0.2) is 30.8 Å². The molecule has 1 atom stereocenters. The predicted molar refractivity (Wildman–Crippen MR) is 53.7 cm³/mol. The van der Waals surface area contributed by atoms with Gasteiger partial charge in [0, 0.05) is 6.54 Å². The first-order chi connectivity index (χ1) is 6.81. The molecule has 5 heteroatoms. The van der Waals surface area contributed by atoms with Crippen molar-refractivity contribution in [1.82, 2.24) is 4.98 Å². The average Bonchev–Trinajstić information content (AvgIpc) is 2.67. The zero-order valence-corrected chi connectivity index (χ0v) is 8.83. The maximum absolute atomic E-state index is 5.65. The number of alkyl halides is 1. The largest absolute Gasteiger partial charge is 0.432 e. The third-order valence-corrected chi connectivity index (χ3v) is 2.56. The zero-order valence-electron chi connectivity index (χ0n) is 8.07. The molecule has 0 N–H and O–H groups in total. The van der Waals surface area contributed by atoms with Crippen LogP contribution in [0.2, 0.25) is 0 Å². The van der Waals surface area contributed by atoms with Crippen molar-refractivity contribution < 1.29 is 9.15 Å². The Balaban J connectivity index is 2.12. The molecule has 1 aliphatic heterocycles. The van der Waals surface area contributed by atoms with E-state index in [4.69, 9.17) is 20.8 Å². The molecule has 1 unspecified atom stereocenters. The van der Waals surface area contributed by atoms with Gasteiger partial charge in [-0.3, -0.25) is 0 Å². The van der Waals surface area contributed by atoms with Crippen LogP contribution in [0.1, 0.15) is 12.6 Å². The minimum Gasteiger partial charge on any atom is -0.432 e. The van der Waals surface area contributed by atoms with E-state index in [2.05, 4.69) is 16.8 Å². The van der Waals surface area contributed by atoms with Gasteiger partial charge < -0.3 is 14.1 Å². The first-order valence-corrected chi connectivity index (χ1v) is 5.19. The second-order valence-corrected chi connectivity index (χ2v) is 3.64. The topological polar surface area (TPSA) is 38.5 Å². The highest BCUT2D eigenvalue weighted by Crippen LogP contribution is 2.19. The minimum atomic E-state index is 0.311. The van der Waals surface area contributed by atoms with Crippen LogP contribution in [-0.2, 0) is 10.6 Å². The van der Waals surface area contributed by atoms with E-state index in [0.29, 0.717) is 17.9 Å². The van der Waals surface area contributed by atoms with Crippen molar-refractivity contribution >= 4 is 17.6 Å². The van der Waals surface area contributed by atoms with Crippen LogP contribution in [0.5, 0.6) is 0 Å². The van der Waals surface area contributed by atoms with E-state index in [1.165, 1.54) is 0 Å². The van der Waals surface area contributed by atoms with Gasteiger partial charge in [-0.25, -0.2) is 0 Å². The van der Waals surface area contributed by atoms with Crippen molar-refractivity contribution in [3.63, 3.8) is 0 Å². The van der Waals surface area contributed by atoms with Gasteiger partial charge in [0.15, 0.2) is 0 Å². The van der Waals surface area contributed by atoms with Gasteiger partial charge in [0.1, 0.15) is 6.26 Å². The first-order valence-electron chi connectivity index (χ1n) is 4.66. The lowest BCUT2D eigenvalue weighted by molar-refractivity contribution is 0.0961. The smallest absolute Gasteiger partial charge is 0.297 e. The molecule has 0 radical (unpaired) electrons. The van der Waals surface area contributed by atoms with Gasteiger partial charge in [-0.1, -0.05) is 0 Å². The maximum Gasteiger partial charge on any atom is 0.297 e. The highest BCUT2D eigenvalue weighted by atomic mass is 35.5. The van der Waals surface area contributed by atoms with E-state index >= 15 is 0 Å². The molecule has 0 spiro atoms. The number of nitrogens with zero attached hydrogens (tertiary/aromatic N) is 2. The zero-order chi connectivity index (χ0) is 9.97. The second-order valence-electron chi connectivity index (χ2n) is 3.37. The molecule has 0 bridgehead atoms. The predicted octanol–water partition coefficient (Wildman–Crippen LogP) is 1.64. The Bertz CT molecular complexity index is 303. The van der Waals surface area contributed by atoms with E-state index < -0.39 is 0 Å². The first kappa shape index (κ1) is 9.80. The summed E-state index contributed by atoms with van der Waals surface area (Å²) in [4.78, 5) is 6.37. The van der Waals surface area contributed by atoms with Crippen LogP contribution in [0.25, 0.3) is 0 Å². The van der Waals surface area contributed by atoms with Crippen molar-refractivity contribution in [3.8, 4) is 0 Å². The summed E-state index contributed by atoms with van der Waals surface area (Å²) in [6, 6.07) is 0.960. The van der Waals surface area contributed by atoms with Gasteiger partial charge in [0.2, 0.25) is 0 Å². The number of oxazole rings is 1. The summed E-state index contributed by atoms with van der Waals surface area (Å²) in [5.74, 6) is 0.391. The molecule has 4 nitrogen and oxygen atoms in total. The monoisotopic (exact) mass is 216 g/mol. The van der Waals surface area contributed by atoms with Crippen LogP contribution in [0.4, 0.5) is 6.01 Å². The third-order valence-electron chi connectivity index (χ3n) is 2.29. The third kappa shape index (κ3) is 1.86. The lowest BCUT2D eigenvalue weighted by Crippen LogP contribution is -2.43. The summed E-state index contributed by atoms with van der Waals surface area (Å²) in [6.07, 6.45) is 1.60. The molecule has 14 heavy (non-hydrogen) atoms. The summed E-state index contributed by atoms with van der Waals surface area (Å²) in [7, 11) is 0. The molecule has 2 rings (SSSR count). The Hall–Kier alpha value is -0.740. The molecule has 0 amide bonds. The minimum absolute atomic E-state index is 0.311. The highest BCUT2D eigenvalue weighted by molar-refractivity contribution is 6.16. The number of anilines is 1. The molecule has 1 aliphatic rings. The summed E-state index contributed by atoms with van der Waals surface area (Å²) in [6.45, 7) is 4.36. The van der Waals surface area contributed by atoms with Crippen molar-refractivity contribution in [1.29, 1.82) is 0 Å². The van der Waals surface area contributed by atoms with Crippen molar-refractivity contribution in [2.24, 2.45) is 0 Å². The van der Waals surface area contributed by atoms with Gasteiger partial charge in [-0.2, -0.15) is 4.98 Å². The molecule has 1 aromatic rings. The molecule has 1 aromatic heterocycles. The molecule has 1 saturated heterocycles. The standard InChI is InChI=1S/C9H13ClN2O2/c1-7-5-13-3-2-12(7)9-11-8(4-10)6-14-9/h6-7H,2-5H2,1H3. The number of aromatic nitrogens is 1. The van der Waals surface area contributed by atoms with Crippen LogP contribution in [0.3, 0.4) is 0 Å². The van der Waals surface area contributed by atoms with E-state index in [0.717, 1.165) is 25.5 Å². The Labute approximate surface area is 87.8 Å². The molecule has 0 aliphatic carbocycles. The second kappa shape index (κ2) is 4.19. The van der Waals surface area contributed by atoms with Gasteiger partial charge in [-0.15, -0.1) is 11.6 Å². The Morgan fingerprint density at radius 2 is 2.57 bits per heavy atom. The van der Waals surface area contributed by atoms with Crippen LogP contribution in [0.15, 0.2) is 10.7 Å². The molecule has 2 heterocycles. The average molecular weight is 217 g/mol. The Morgan fingerprint density at radius 1 is 1.71 bits per heavy atom. The van der Waals surface area contributed by atoms with E-state index in [9.17, 15) is 0 Å². The van der Waals surface area contributed by atoms with Crippen LogP contribution >= 0.6 is 11.6 Å². The van der Waals surface area contributed by atoms with Gasteiger partial charge in [0.05, 0.1) is 30.8 Å². The van der Waals surface area contributed by atoms with Gasteiger partial charge in [-0.05, 0) is 6.92 Å². The molecule has 1 fully saturated rings. The molecule has 0 aromatic carbocycles. The number of hydrogen-bond donors (Lipinski definition) is 0. The van der Waals surface area contributed by atoms with Crippen LogP contribution in [0, 0.1) is 0 Å². The molecule has 78 valence electrons. The van der Waals surface area contributed by atoms with Crippen molar-refractivity contribution in [2.75, 3.05) is 24.7 Å². The van der Waals surface area contributed by atoms with Crippen molar-refractivity contribution in [3.05, 3.63) is 12.0 Å². The van der Waals surface area contributed by atoms with Gasteiger partial charge >= 0.3 is 0 Å². The Kier molecular flexibility index (Phi) is 2.93. The quantitative estimate of drug-likeness (QED) is 0.705. The Morgan fingerprint density at radius 3 is 3.21 bits per heavy atom. The summed E-state index contributed by atoms with van der Waals surface area (Å²) >= 11 is 5.65. The van der Waals surface area contributed by atoms with E-state index in [1.807, 2.05) is 0 Å². The fraction of sp³-hybridized carbons (Fsp3) is 0.667. The summed E-state index contributed by atoms with van der Waals surface area (Å²) in [5.41, 5.74) is 0.778. The SMILES string of the molecule is CC1COCCN1c1nc(CCl)co1. The van der Waals surface area contributed by atoms with Gasteiger partial charge in [0.25, 0.3) is 6.01 Å². The van der Waals surface area contributed by atoms with Crippen molar-refractivity contribution in [2.45, 2.75) is 18.8 Å². The fourth-order valence-electron chi connectivity index (χ4n) is 1.50.